The lowest BCUT2D eigenvalue weighted by Crippen LogP contribution is -2.38. The monoisotopic (exact) mass is 307 g/mol. The number of rotatable bonds is 8. The lowest BCUT2D eigenvalue weighted by atomic mass is 10.2. The first-order chi connectivity index (χ1) is 10.7. The van der Waals surface area contributed by atoms with E-state index in [1.165, 1.54) is 18.9 Å². The maximum atomic E-state index is 13.2. The van der Waals surface area contributed by atoms with Gasteiger partial charge in [-0.3, -0.25) is 4.99 Å². The first-order valence-electron chi connectivity index (χ1n) is 8.00. The Labute approximate surface area is 132 Å². The van der Waals surface area contributed by atoms with Crippen molar-refractivity contribution in [1.29, 1.82) is 0 Å². The van der Waals surface area contributed by atoms with Crippen LogP contribution < -0.4 is 5.32 Å². The first kappa shape index (κ1) is 16.7. The van der Waals surface area contributed by atoms with E-state index in [0.29, 0.717) is 19.7 Å². The third-order valence-corrected chi connectivity index (χ3v) is 3.55. The fourth-order valence-corrected chi connectivity index (χ4v) is 2.20. The van der Waals surface area contributed by atoms with Gasteiger partial charge in [-0.1, -0.05) is 12.1 Å². The van der Waals surface area contributed by atoms with Crippen molar-refractivity contribution < 1.29 is 9.13 Å². The Kier molecular flexibility index (Phi) is 6.65. The van der Waals surface area contributed by atoms with E-state index in [-0.39, 0.29) is 5.82 Å². The summed E-state index contributed by atoms with van der Waals surface area (Å²) < 4.78 is 18.8. The van der Waals surface area contributed by atoms with E-state index in [2.05, 4.69) is 10.3 Å². The molecule has 1 aliphatic rings. The molecule has 122 valence electrons. The van der Waals surface area contributed by atoms with Gasteiger partial charge in [0.15, 0.2) is 5.96 Å². The van der Waals surface area contributed by atoms with Crippen LogP contribution in [-0.4, -0.2) is 44.2 Å². The SMILES string of the molecule is CCNC(=NCCOCC1CC1)N(C)Cc1cccc(F)c1. The van der Waals surface area contributed by atoms with Gasteiger partial charge in [-0.05, 0) is 43.4 Å². The predicted octanol–water partition coefficient (Wildman–Crippen LogP) is 2.65. The number of halogens is 1. The van der Waals surface area contributed by atoms with Crippen LogP contribution in [0.5, 0.6) is 0 Å². The number of nitrogens with zero attached hydrogens (tertiary/aromatic N) is 2. The number of benzene rings is 1. The number of hydrogen-bond donors (Lipinski definition) is 1. The van der Waals surface area contributed by atoms with Crippen LogP contribution >= 0.6 is 0 Å². The first-order valence-corrected chi connectivity index (χ1v) is 8.00. The van der Waals surface area contributed by atoms with Crippen LogP contribution in [0, 0.1) is 11.7 Å². The molecule has 0 unspecified atom stereocenters. The van der Waals surface area contributed by atoms with Gasteiger partial charge < -0.3 is 15.0 Å². The van der Waals surface area contributed by atoms with Crippen molar-refractivity contribution in [3.63, 3.8) is 0 Å². The van der Waals surface area contributed by atoms with Crippen molar-refractivity contribution in [2.24, 2.45) is 10.9 Å². The summed E-state index contributed by atoms with van der Waals surface area (Å²) in [5, 5.41) is 3.26. The Balaban J connectivity index is 1.81. The Bertz CT molecular complexity index is 489. The fraction of sp³-hybridized carbons (Fsp3) is 0.588. The maximum Gasteiger partial charge on any atom is 0.194 e. The Hall–Kier alpha value is -1.62. The molecule has 0 atom stereocenters. The van der Waals surface area contributed by atoms with Gasteiger partial charge in [-0.2, -0.15) is 0 Å². The molecule has 1 N–H and O–H groups in total. The molecule has 0 aromatic heterocycles. The van der Waals surface area contributed by atoms with Crippen molar-refractivity contribution in [3.8, 4) is 0 Å². The zero-order valence-corrected chi connectivity index (χ0v) is 13.5. The second-order valence-electron chi connectivity index (χ2n) is 5.74. The van der Waals surface area contributed by atoms with Crippen molar-refractivity contribution in [2.75, 3.05) is 33.4 Å². The van der Waals surface area contributed by atoms with Crippen LogP contribution in [0.2, 0.25) is 0 Å². The summed E-state index contributed by atoms with van der Waals surface area (Å²) in [6.07, 6.45) is 2.62. The molecule has 0 aliphatic heterocycles. The molecule has 1 saturated carbocycles. The van der Waals surface area contributed by atoms with E-state index in [4.69, 9.17) is 4.74 Å². The molecule has 4 nitrogen and oxygen atoms in total. The normalized spacial score (nSPS) is 15.0. The molecule has 0 amide bonds. The molecule has 0 spiro atoms. The minimum absolute atomic E-state index is 0.207. The smallest absolute Gasteiger partial charge is 0.194 e. The van der Waals surface area contributed by atoms with Gasteiger partial charge in [-0.15, -0.1) is 0 Å². The Morgan fingerprint density at radius 3 is 2.95 bits per heavy atom. The number of nitrogens with one attached hydrogen (secondary N) is 1. The van der Waals surface area contributed by atoms with Crippen molar-refractivity contribution >= 4 is 5.96 Å². The molecule has 1 aliphatic carbocycles. The minimum atomic E-state index is -0.207. The van der Waals surface area contributed by atoms with Crippen LogP contribution in [-0.2, 0) is 11.3 Å². The van der Waals surface area contributed by atoms with E-state index in [0.717, 1.165) is 30.6 Å². The average molecular weight is 307 g/mol. The minimum Gasteiger partial charge on any atom is -0.379 e. The fourth-order valence-electron chi connectivity index (χ4n) is 2.20. The maximum absolute atomic E-state index is 13.2. The summed E-state index contributed by atoms with van der Waals surface area (Å²) in [6, 6.07) is 6.66. The number of guanidine groups is 1. The van der Waals surface area contributed by atoms with Gasteiger partial charge in [0.1, 0.15) is 5.82 Å². The molecule has 0 bridgehead atoms. The summed E-state index contributed by atoms with van der Waals surface area (Å²) in [4.78, 5) is 6.56. The van der Waals surface area contributed by atoms with Gasteiger partial charge in [0.05, 0.1) is 13.2 Å². The summed E-state index contributed by atoms with van der Waals surface area (Å²) in [5.41, 5.74) is 0.929. The van der Waals surface area contributed by atoms with Crippen molar-refractivity contribution in [2.45, 2.75) is 26.3 Å². The van der Waals surface area contributed by atoms with Gasteiger partial charge in [-0.25, -0.2) is 4.39 Å². The van der Waals surface area contributed by atoms with Crippen molar-refractivity contribution in [1.82, 2.24) is 10.2 Å². The highest BCUT2D eigenvalue weighted by molar-refractivity contribution is 5.79. The highest BCUT2D eigenvalue weighted by atomic mass is 19.1. The van der Waals surface area contributed by atoms with E-state index < -0.39 is 0 Å². The molecule has 1 aromatic rings. The Morgan fingerprint density at radius 2 is 2.27 bits per heavy atom. The summed E-state index contributed by atoms with van der Waals surface area (Å²) in [6.45, 7) is 5.61. The van der Waals surface area contributed by atoms with Crippen LogP contribution in [0.3, 0.4) is 0 Å². The molecule has 0 heterocycles. The third-order valence-electron chi connectivity index (χ3n) is 3.55. The standard InChI is InChI=1S/C17H26FN3O/c1-3-19-17(20-9-10-22-13-14-7-8-14)21(2)12-15-5-4-6-16(18)11-15/h4-6,11,14H,3,7-10,12-13H2,1-2H3,(H,19,20). The molecular formula is C17H26FN3O. The zero-order valence-electron chi connectivity index (χ0n) is 13.5. The van der Waals surface area contributed by atoms with E-state index >= 15 is 0 Å². The molecule has 22 heavy (non-hydrogen) atoms. The quantitative estimate of drug-likeness (QED) is 0.456. The molecule has 1 aromatic carbocycles. The molecule has 5 heteroatoms. The lowest BCUT2D eigenvalue weighted by Gasteiger charge is -2.22. The largest absolute Gasteiger partial charge is 0.379 e. The van der Waals surface area contributed by atoms with Crippen LogP contribution in [0.1, 0.15) is 25.3 Å². The predicted molar refractivity (Wildman–Crippen MR) is 87.4 cm³/mol. The summed E-state index contributed by atoms with van der Waals surface area (Å²) in [7, 11) is 1.96. The van der Waals surface area contributed by atoms with E-state index in [1.807, 2.05) is 24.9 Å². The molecule has 0 saturated heterocycles. The van der Waals surface area contributed by atoms with Gasteiger partial charge in [0.2, 0.25) is 0 Å². The van der Waals surface area contributed by atoms with Gasteiger partial charge in [0, 0.05) is 26.7 Å². The molecule has 1 fully saturated rings. The number of ether oxygens (including phenoxy) is 1. The van der Waals surface area contributed by atoms with Gasteiger partial charge >= 0.3 is 0 Å². The second kappa shape index (κ2) is 8.73. The summed E-state index contributed by atoms with van der Waals surface area (Å²) in [5.74, 6) is 1.40. The van der Waals surface area contributed by atoms with Crippen molar-refractivity contribution in [3.05, 3.63) is 35.6 Å². The van der Waals surface area contributed by atoms with E-state index in [9.17, 15) is 4.39 Å². The topological polar surface area (TPSA) is 36.9 Å². The van der Waals surface area contributed by atoms with Crippen LogP contribution in [0.15, 0.2) is 29.3 Å². The Morgan fingerprint density at radius 1 is 1.45 bits per heavy atom. The highest BCUT2D eigenvalue weighted by Gasteiger charge is 2.20. The highest BCUT2D eigenvalue weighted by Crippen LogP contribution is 2.28. The third kappa shape index (κ3) is 6.02. The van der Waals surface area contributed by atoms with E-state index in [1.54, 1.807) is 12.1 Å². The van der Waals surface area contributed by atoms with Crippen LogP contribution in [0.4, 0.5) is 4.39 Å². The number of aliphatic imine (C=N–C) groups is 1. The second-order valence-corrected chi connectivity index (χ2v) is 5.74. The molecule has 0 radical (unpaired) electrons. The lowest BCUT2D eigenvalue weighted by molar-refractivity contribution is 0.131. The van der Waals surface area contributed by atoms with Gasteiger partial charge in [0.25, 0.3) is 0 Å². The van der Waals surface area contributed by atoms with Crippen LogP contribution in [0.25, 0.3) is 0 Å². The number of hydrogen-bond acceptors (Lipinski definition) is 2. The molecule has 2 rings (SSSR count). The summed E-state index contributed by atoms with van der Waals surface area (Å²) >= 11 is 0. The molecular weight excluding hydrogens is 281 g/mol. The zero-order chi connectivity index (χ0) is 15.8. The average Bonchev–Trinajstić information content (AvgIpc) is 3.30.